The van der Waals surface area contributed by atoms with Gasteiger partial charge in [0.1, 0.15) is 11.4 Å². The predicted octanol–water partition coefficient (Wildman–Crippen LogP) is 4.42. The minimum atomic E-state index is -0.529. The lowest BCUT2D eigenvalue weighted by molar-refractivity contribution is 0.0187. The fourth-order valence-electron chi connectivity index (χ4n) is 3.17. The maximum absolute atomic E-state index is 13.6. The molecule has 27 heavy (non-hydrogen) atoms. The lowest BCUT2D eigenvalue weighted by Crippen LogP contribution is -2.48. The van der Waals surface area contributed by atoms with E-state index < -0.39 is 11.4 Å². The average Bonchev–Trinajstić information content (AvgIpc) is 3.00. The van der Waals surface area contributed by atoms with Crippen molar-refractivity contribution in [3.05, 3.63) is 34.6 Å². The van der Waals surface area contributed by atoms with Crippen LogP contribution in [0.3, 0.4) is 0 Å². The molecular formula is C20H31ClFN3O2. The summed E-state index contributed by atoms with van der Waals surface area (Å²) < 4.78 is 19.1. The highest BCUT2D eigenvalue weighted by molar-refractivity contribution is 6.30. The number of nitrogens with zero attached hydrogens (tertiary/aromatic N) is 2. The van der Waals surface area contributed by atoms with E-state index >= 15 is 0 Å². The van der Waals surface area contributed by atoms with E-state index in [-0.39, 0.29) is 23.3 Å². The van der Waals surface area contributed by atoms with Crippen molar-refractivity contribution in [1.82, 2.24) is 15.1 Å². The van der Waals surface area contributed by atoms with Crippen molar-refractivity contribution in [2.45, 2.75) is 57.8 Å². The number of carbonyl (C=O) groups is 1. The number of ether oxygens (including phenoxy) is 1. The zero-order valence-corrected chi connectivity index (χ0v) is 17.6. The Labute approximate surface area is 166 Å². The van der Waals surface area contributed by atoms with Crippen molar-refractivity contribution in [2.75, 3.05) is 27.2 Å². The van der Waals surface area contributed by atoms with Gasteiger partial charge >= 0.3 is 6.09 Å². The third-order valence-electron chi connectivity index (χ3n) is 4.49. The quantitative estimate of drug-likeness (QED) is 0.769. The number of likely N-dealkylation sites (tertiary alicyclic amines) is 1. The van der Waals surface area contributed by atoms with Gasteiger partial charge in [-0.1, -0.05) is 17.7 Å². The number of amides is 1. The summed E-state index contributed by atoms with van der Waals surface area (Å²) in [7, 11) is 4.02. The monoisotopic (exact) mass is 399 g/mol. The van der Waals surface area contributed by atoms with Crippen LogP contribution in [0.25, 0.3) is 0 Å². The van der Waals surface area contributed by atoms with Crippen molar-refractivity contribution in [3.63, 3.8) is 0 Å². The summed E-state index contributed by atoms with van der Waals surface area (Å²) in [5, 5.41) is 3.68. The van der Waals surface area contributed by atoms with Crippen molar-refractivity contribution in [2.24, 2.45) is 0 Å². The van der Waals surface area contributed by atoms with Crippen molar-refractivity contribution < 1.29 is 13.9 Å². The Bertz CT molecular complexity index is 649. The largest absolute Gasteiger partial charge is 0.444 e. The Balaban J connectivity index is 2.15. The molecule has 1 aromatic rings. The highest BCUT2D eigenvalue weighted by Crippen LogP contribution is 2.27. The molecule has 1 heterocycles. The third-order valence-corrected chi connectivity index (χ3v) is 4.78. The molecule has 0 saturated carbocycles. The molecule has 0 spiro atoms. The third kappa shape index (κ3) is 6.63. The standard InChI is InChI=1S/C20H31ClFN3O2/c1-20(2,3)27-19(26)25-11-6-7-18(25)23-17(10-12-24(4)5)14-8-9-16(22)15(21)13-14/h8-9,13,17-18,23H,6-7,10-12H2,1-5H3/t17?,18-/m0/s1. The van der Waals surface area contributed by atoms with Gasteiger partial charge in [-0.3, -0.25) is 10.2 Å². The molecule has 1 aliphatic rings. The van der Waals surface area contributed by atoms with Crippen LogP contribution in [0.5, 0.6) is 0 Å². The summed E-state index contributed by atoms with van der Waals surface area (Å²) in [6.45, 7) is 7.11. The Morgan fingerprint density at radius 1 is 1.44 bits per heavy atom. The number of rotatable bonds is 6. The van der Waals surface area contributed by atoms with E-state index in [2.05, 4.69) is 10.2 Å². The Morgan fingerprint density at radius 2 is 2.15 bits per heavy atom. The highest BCUT2D eigenvalue weighted by atomic mass is 35.5. The summed E-state index contributed by atoms with van der Waals surface area (Å²) in [6.07, 6.45) is 2.17. The zero-order valence-electron chi connectivity index (χ0n) is 16.9. The van der Waals surface area contributed by atoms with Crippen molar-refractivity contribution in [1.29, 1.82) is 0 Å². The van der Waals surface area contributed by atoms with E-state index in [1.54, 1.807) is 17.0 Å². The van der Waals surface area contributed by atoms with E-state index in [9.17, 15) is 9.18 Å². The van der Waals surface area contributed by atoms with Gasteiger partial charge in [0.15, 0.2) is 0 Å². The van der Waals surface area contributed by atoms with E-state index in [1.165, 1.54) is 6.07 Å². The second-order valence-electron chi connectivity index (χ2n) is 8.32. The van der Waals surface area contributed by atoms with Crippen LogP contribution in [0.2, 0.25) is 5.02 Å². The minimum absolute atomic E-state index is 0.0430. The van der Waals surface area contributed by atoms with E-state index in [0.717, 1.165) is 31.4 Å². The Kier molecular flexibility index (Phi) is 7.48. The normalized spacial score (nSPS) is 18.8. The molecule has 1 unspecified atom stereocenters. The van der Waals surface area contributed by atoms with Gasteiger partial charge in [-0.25, -0.2) is 9.18 Å². The molecule has 1 aliphatic heterocycles. The smallest absolute Gasteiger partial charge is 0.411 e. The van der Waals surface area contributed by atoms with Gasteiger partial charge in [-0.05, 0) is 78.4 Å². The molecule has 1 saturated heterocycles. The van der Waals surface area contributed by atoms with Crippen molar-refractivity contribution in [3.8, 4) is 0 Å². The number of carbonyl (C=O) groups excluding carboxylic acids is 1. The second-order valence-corrected chi connectivity index (χ2v) is 8.72. The summed E-state index contributed by atoms with van der Waals surface area (Å²) in [5.41, 5.74) is 0.387. The Morgan fingerprint density at radius 3 is 2.74 bits per heavy atom. The molecule has 1 fully saturated rings. The first kappa shape index (κ1) is 21.9. The molecule has 0 radical (unpaired) electrons. The first-order valence-electron chi connectivity index (χ1n) is 9.42. The van der Waals surface area contributed by atoms with Gasteiger partial charge in [0, 0.05) is 12.6 Å². The van der Waals surface area contributed by atoms with Gasteiger partial charge in [-0.15, -0.1) is 0 Å². The average molecular weight is 400 g/mol. The molecule has 0 aliphatic carbocycles. The summed E-state index contributed by atoms with van der Waals surface area (Å²) in [6, 6.07) is 4.76. The molecule has 0 bridgehead atoms. The van der Waals surface area contributed by atoms with Gasteiger partial charge in [-0.2, -0.15) is 0 Å². The lowest BCUT2D eigenvalue weighted by atomic mass is 10.0. The molecule has 0 aromatic heterocycles. The van der Waals surface area contributed by atoms with Gasteiger partial charge in [0.05, 0.1) is 11.2 Å². The fourth-order valence-corrected chi connectivity index (χ4v) is 3.36. The molecule has 2 rings (SSSR count). The van der Waals surface area contributed by atoms with E-state index in [1.807, 2.05) is 34.9 Å². The molecular weight excluding hydrogens is 369 g/mol. The number of halogens is 2. The van der Waals surface area contributed by atoms with Crippen LogP contribution in [0.15, 0.2) is 18.2 Å². The van der Waals surface area contributed by atoms with Crippen LogP contribution >= 0.6 is 11.6 Å². The van der Waals surface area contributed by atoms with Gasteiger partial charge in [0.25, 0.3) is 0 Å². The maximum Gasteiger partial charge on any atom is 0.411 e. The number of benzene rings is 1. The number of hydrogen-bond donors (Lipinski definition) is 1. The van der Waals surface area contributed by atoms with Gasteiger partial charge < -0.3 is 9.64 Å². The summed E-state index contributed by atoms with van der Waals surface area (Å²) >= 11 is 5.99. The SMILES string of the molecule is CN(C)CCC(N[C@@H]1CCCN1C(=O)OC(C)(C)C)c1ccc(F)c(Cl)c1. The highest BCUT2D eigenvalue weighted by Gasteiger charge is 2.33. The molecule has 1 N–H and O–H groups in total. The maximum atomic E-state index is 13.6. The van der Waals surface area contributed by atoms with Crippen LogP contribution in [0.4, 0.5) is 9.18 Å². The molecule has 1 aromatic carbocycles. The summed E-state index contributed by atoms with van der Waals surface area (Å²) in [4.78, 5) is 16.4. The molecule has 1 amide bonds. The molecule has 2 atom stereocenters. The van der Waals surface area contributed by atoms with Crippen LogP contribution < -0.4 is 5.32 Å². The summed E-state index contributed by atoms with van der Waals surface area (Å²) in [5.74, 6) is -0.428. The number of nitrogens with one attached hydrogen (secondary N) is 1. The zero-order chi connectivity index (χ0) is 20.2. The molecule has 152 valence electrons. The molecule has 7 heteroatoms. The first-order valence-corrected chi connectivity index (χ1v) is 9.80. The number of hydrogen-bond acceptors (Lipinski definition) is 4. The van der Waals surface area contributed by atoms with Crippen molar-refractivity contribution >= 4 is 17.7 Å². The fraction of sp³-hybridized carbons (Fsp3) is 0.650. The lowest BCUT2D eigenvalue weighted by Gasteiger charge is -2.32. The van der Waals surface area contributed by atoms with Crippen LogP contribution in [0, 0.1) is 5.82 Å². The topological polar surface area (TPSA) is 44.8 Å². The Hall–Kier alpha value is -1.37. The van der Waals surface area contributed by atoms with Crippen LogP contribution in [-0.2, 0) is 4.74 Å². The van der Waals surface area contributed by atoms with Crippen LogP contribution in [-0.4, -0.2) is 54.8 Å². The second kappa shape index (κ2) is 9.22. The van der Waals surface area contributed by atoms with E-state index in [0.29, 0.717) is 6.54 Å². The minimum Gasteiger partial charge on any atom is -0.444 e. The molecule has 5 nitrogen and oxygen atoms in total. The van der Waals surface area contributed by atoms with E-state index in [4.69, 9.17) is 16.3 Å². The van der Waals surface area contributed by atoms with Gasteiger partial charge in [0.2, 0.25) is 0 Å². The van der Waals surface area contributed by atoms with Crippen LogP contribution in [0.1, 0.15) is 51.6 Å². The first-order chi connectivity index (χ1) is 12.6. The predicted molar refractivity (Wildman–Crippen MR) is 106 cm³/mol.